The molecule has 0 aliphatic carbocycles. The zero-order valence-electron chi connectivity index (χ0n) is 7.93. The monoisotopic (exact) mass is 223 g/mol. The average Bonchev–Trinajstić information content (AvgIpc) is 2.52. The van der Waals surface area contributed by atoms with E-state index in [0.29, 0.717) is 13.0 Å². The van der Waals surface area contributed by atoms with Crippen molar-refractivity contribution in [1.29, 1.82) is 0 Å². The molecule has 1 rings (SSSR count). The van der Waals surface area contributed by atoms with Crippen LogP contribution in [0.3, 0.4) is 0 Å². The number of hydrogen-bond acceptors (Lipinski definition) is 3. The minimum absolute atomic E-state index is 0. The van der Waals surface area contributed by atoms with Gasteiger partial charge in [-0.1, -0.05) is 0 Å². The van der Waals surface area contributed by atoms with Crippen molar-refractivity contribution in [2.24, 2.45) is 0 Å². The fourth-order valence-corrected chi connectivity index (χ4v) is 1.45. The number of amides is 1. The number of rotatable bonds is 2. The van der Waals surface area contributed by atoms with Gasteiger partial charge in [-0.3, -0.25) is 4.90 Å². The van der Waals surface area contributed by atoms with Crippen LogP contribution in [0, 0.1) is 0 Å². The highest BCUT2D eigenvalue weighted by atomic mass is 35.5. The molecule has 1 amide bonds. The van der Waals surface area contributed by atoms with E-state index in [4.69, 9.17) is 9.84 Å². The van der Waals surface area contributed by atoms with Gasteiger partial charge in [-0.2, -0.15) is 0 Å². The van der Waals surface area contributed by atoms with Crippen LogP contribution >= 0.6 is 12.4 Å². The Morgan fingerprint density at radius 1 is 1.57 bits per heavy atom. The van der Waals surface area contributed by atoms with Crippen molar-refractivity contribution < 1.29 is 19.4 Å². The first-order chi connectivity index (χ1) is 6.16. The maximum atomic E-state index is 11.2. The number of halogens is 1. The molecule has 1 saturated heterocycles. The van der Waals surface area contributed by atoms with Gasteiger partial charge in [0.25, 0.3) is 0 Å². The van der Waals surface area contributed by atoms with E-state index in [1.165, 1.54) is 4.90 Å². The van der Waals surface area contributed by atoms with E-state index < -0.39 is 18.1 Å². The maximum Gasteiger partial charge on any atom is 0.410 e. The molecule has 0 saturated carbocycles. The third kappa shape index (κ3) is 2.77. The number of nitrogens with zero attached hydrogens (tertiary/aromatic N) is 1. The first-order valence-corrected chi connectivity index (χ1v) is 4.33. The Morgan fingerprint density at radius 2 is 2.21 bits per heavy atom. The molecule has 82 valence electrons. The zero-order chi connectivity index (χ0) is 9.84. The van der Waals surface area contributed by atoms with Crippen molar-refractivity contribution in [2.45, 2.75) is 25.8 Å². The summed E-state index contributed by atoms with van der Waals surface area (Å²) in [5, 5.41) is 8.75. The Labute approximate surface area is 88.4 Å². The van der Waals surface area contributed by atoms with Gasteiger partial charge in [0.15, 0.2) is 0 Å². The fraction of sp³-hybridized carbons (Fsp3) is 0.750. The molecule has 5 nitrogen and oxygen atoms in total. The van der Waals surface area contributed by atoms with E-state index in [1.807, 2.05) is 0 Å². The number of aliphatic carboxylic acids is 1. The minimum Gasteiger partial charge on any atom is -0.480 e. The Kier molecular flexibility index (Phi) is 5.30. The SMILES string of the molecule is CCOC(=O)N1CCC[C@@H]1C(=O)O.Cl. The molecule has 6 heteroatoms. The number of carboxylic acid groups (broad SMARTS) is 1. The van der Waals surface area contributed by atoms with Gasteiger partial charge in [-0.25, -0.2) is 9.59 Å². The molecule has 1 heterocycles. The van der Waals surface area contributed by atoms with Crippen LogP contribution in [0.4, 0.5) is 4.79 Å². The standard InChI is InChI=1S/C8H13NO4.ClH/c1-2-13-8(12)9-5-3-4-6(9)7(10)11;/h6H,2-5H2,1H3,(H,10,11);1H/t6-;/m1./s1. The summed E-state index contributed by atoms with van der Waals surface area (Å²) < 4.78 is 4.73. The zero-order valence-corrected chi connectivity index (χ0v) is 8.75. The summed E-state index contributed by atoms with van der Waals surface area (Å²) in [7, 11) is 0. The molecular formula is C8H14ClNO4. The topological polar surface area (TPSA) is 66.8 Å². The lowest BCUT2D eigenvalue weighted by Gasteiger charge is -2.19. The second-order valence-electron chi connectivity index (χ2n) is 2.89. The lowest BCUT2D eigenvalue weighted by Crippen LogP contribution is -2.40. The van der Waals surface area contributed by atoms with Crippen molar-refractivity contribution in [3.8, 4) is 0 Å². The molecule has 0 bridgehead atoms. The number of hydrogen-bond donors (Lipinski definition) is 1. The summed E-state index contributed by atoms with van der Waals surface area (Å²) in [4.78, 5) is 23.1. The smallest absolute Gasteiger partial charge is 0.410 e. The summed E-state index contributed by atoms with van der Waals surface area (Å²) >= 11 is 0. The van der Waals surface area contributed by atoms with Crippen molar-refractivity contribution in [2.75, 3.05) is 13.2 Å². The van der Waals surface area contributed by atoms with E-state index in [1.54, 1.807) is 6.92 Å². The van der Waals surface area contributed by atoms with E-state index in [0.717, 1.165) is 6.42 Å². The molecule has 0 radical (unpaired) electrons. The first kappa shape index (κ1) is 13.0. The van der Waals surface area contributed by atoms with E-state index in [2.05, 4.69) is 0 Å². The van der Waals surface area contributed by atoms with Crippen LogP contribution in [0.5, 0.6) is 0 Å². The fourth-order valence-electron chi connectivity index (χ4n) is 1.45. The Morgan fingerprint density at radius 3 is 2.71 bits per heavy atom. The molecule has 0 unspecified atom stereocenters. The highest BCUT2D eigenvalue weighted by molar-refractivity contribution is 5.85. The van der Waals surface area contributed by atoms with Crippen molar-refractivity contribution in [1.82, 2.24) is 4.90 Å². The van der Waals surface area contributed by atoms with Crippen LogP contribution in [-0.4, -0.2) is 41.3 Å². The molecule has 0 spiro atoms. The first-order valence-electron chi connectivity index (χ1n) is 4.33. The number of carbonyl (C=O) groups excluding carboxylic acids is 1. The minimum atomic E-state index is -0.953. The summed E-state index contributed by atoms with van der Waals surface area (Å²) in [6, 6.07) is -0.695. The predicted octanol–water partition coefficient (Wildman–Crippen LogP) is 1.11. The van der Waals surface area contributed by atoms with E-state index in [-0.39, 0.29) is 19.0 Å². The van der Waals surface area contributed by atoms with Crippen LogP contribution in [0.25, 0.3) is 0 Å². The summed E-state index contributed by atoms with van der Waals surface area (Å²) in [5.41, 5.74) is 0. The lowest BCUT2D eigenvalue weighted by molar-refractivity contribution is -0.141. The van der Waals surface area contributed by atoms with Gasteiger partial charge in [-0.05, 0) is 19.8 Å². The second-order valence-corrected chi connectivity index (χ2v) is 2.89. The summed E-state index contributed by atoms with van der Waals surface area (Å²) in [5.74, 6) is -0.953. The predicted molar refractivity (Wildman–Crippen MR) is 51.6 cm³/mol. The van der Waals surface area contributed by atoms with Crippen LogP contribution < -0.4 is 0 Å². The molecule has 1 N–H and O–H groups in total. The van der Waals surface area contributed by atoms with Gasteiger partial charge in [0.05, 0.1) is 6.61 Å². The Balaban J connectivity index is 0.00000169. The number of carbonyl (C=O) groups is 2. The van der Waals surface area contributed by atoms with Gasteiger partial charge in [0.1, 0.15) is 6.04 Å². The Bertz CT molecular complexity index is 221. The van der Waals surface area contributed by atoms with Crippen molar-refractivity contribution in [3.63, 3.8) is 0 Å². The van der Waals surface area contributed by atoms with Gasteiger partial charge >= 0.3 is 12.1 Å². The average molecular weight is 224 g/mol. The maximum absolute atomic E-state index is 11.2. The van der Waals surface area contributed by atoms with Gasteiger partial charge in [0, 0.05) is 6.54 Å². The molecule has 1 fully saturated rings. The highest BCUT2D eigenvalue weighted by Crippen LogP contribution is 2.18. The third-order valence-electron chi connectivity index (χ3n) is 2.04. The molecule has 1 aliphatic heterocycles. The molecule has 1 atom stereocenters. The van der Waals surface area contributed by atoms with Gasteiger partial charge in [0.2, 0.25) is 0 Å². The highest BCUT2D eigenvalue weighted by Gasteiger charge is 2.34. The number of likely N-dealkylation sites (tertiary alicyclic amines) is 1. The lowest BCUT2D eigenvalue weighted by atomic mass is 10.2. The van der Waals surface area contributed by atoms with E-state index in [9.17, 15) is 9.59 Å². The van der Waals surface area contributed by atoms with Crippen LogP contribution in [0.1, 0.15) is 19.8 Å². The summed E-state index contributed by atoms with van der Waals surface area (Å²) in [6.07, 6.45) is 0.733. The van der Waals surface area contributed by atoms with Gasteiger partial charge in [-0.15, -0.1) is 12.4 Å². The quantitative estimate of drug-likeness (QED) is 0.762. The van der Waals surface area contributed by atoms with Crippen molar-refractivity contribution >= 4 is 24.5 Å². The molecule has 1 aliphatic rings. The van der Waals surface area contributed by atoms with Gasteiger partial charge < -0.3 is 9.84 Å². The molecule has 0 aromatic rings. The normalized spacial score (nSPS) is 20.1. The Hall–Kier alpha value is -0.970. The molecule has 0 aromatic carbocycles. The van der Waals surface area contributed by atoms with Crippen molar-refractivity contribution in [3.05, 3.63) is 0 Å². The van der Waals surface area contributed by atoms with Crippen LogP contribution in [0.2, 0.25) is 0 Å². The third-order valence-corrected chi connectivity index (χ3v) is 2.04. The molecular weight excluding hydrogens is 210 g/mol. The van der Waals surface area contributed by atoms with Crippen LogP contribution in [-0.2, 0) is 9.53 Å². The molecule has 14 heavy (non-hydrogen) atoms. The number of carboxylic acids is 1. The number of ether oxygens (including phenoxy) is 1. The second kappa shape index (κ2) is 5.70. The van der Waals surface area contributed by atoms with Crippen LogP contribution in [0.15, 0.2) is 0 Å². The molecule has 0 aromatic heterocycles. The summed E-state index contributed by atoms with van der Waals surface area (Å²) in [6.45, 7) is 2.46. The largest absolute Gasteiger partial charge is 0.480 e. The van der Waals surface area contributed by atoms with E-state index >= 15 is 0 Å².